The zero-order valence-corrected chi connectivity index (χ0v) is 14.8. The second-order valence-electron chi connectivity index (χ2n) is 6.91. The van der Waals surface area contributed by atoms with Crippen LogP contribution in [0, 0.1) is 17.7 Å². The molecule has 3 heterocycles. The second-order valence-corrected chi connectivity index (χ2v) is 6.91. The number of anilines is 1. The number of likely N-dealkylation sites (tertiary alicyclic amines) is 1. The van der Waals surface area contributed by atoms with E-state index in [9.17, 15) is 9.18 Å². The van der Waals surface area contributed by atoms with Crippen LogP contribution < -0.4 is 9.64 Å². The topological polar surface area (TPSA) is 58.6 Å². The van der Waals surface area contributed by atoms with Crippen LogP contribution in [0.2, 0.25) is 0 Å². The fourth-order valence-electron chi connectivity index (χ4n) is 4.31. The van der Waals surface area contributed by atoms with E-state index in [-0.39, 0.29) is 17.9 Å². The van der Waals surface area contributed by atoms with Crippen LogP contribution in [0.15, 0.2) is 36.8 Å². The van der Waals surface area contributed by atoms with E-state index in [1.807, 2.05) is 34.1 Å². The maximum Gasteiger partial charge on any atom is 0.219 e. The molecule has 2 aliphatic heterocycles. The summed E-state index contributed by atoms with van der Waals surface area (Å²) in [5, 5.41) is 0. The number of aromatic nitrogens is 2. The van der Waals surface area contributed by atoms with Crippen molar-refractivity contribution < 1.29 is 13.9 Å². The molecule has 6 nitrogen and oxygen atoms in total. The summed E-state index contributed by atoms with van der Waals surface area (Å²) in [4.78, 5) is 23.9. The summed E-state index contributed by atoms with van der Waals surface area (Å²) in [6.07, 6.45) is 2.56. The molecule has 0 N–H and O–H groups in total. The monoisotopic (exact) mass is 356 g/mol. The van der Waals surface area contributed by atoms with Crippen molar-refractivity contribution in [3.05, 3.63) is 48.2 Å². The average molecular weight is 356 g/mol. The van der Waals surface area contributed by atoms with Crippen LogP contribution >= 0.6 is 0 Å². The van der Waals surface area contributed by atoms with E-state index in [0.29, 0.717) is 31.4 Å². The Hall–Kier alpha value is -2.70. The summed E-state index contributed by atoms with van der Waals surface area (Å²) in [6.45, 7) is 3.65. The number of hydrogen-bond acceptors (Lipinski definition) is 5. The quantitative estimate of drug-likeness (QED) is 0.844. The number of methoxy groups -OCH3 is 1. The molecule has 0 unspecified atom stereocenters. The van der Waals surface area contributed by atoms with Crippen molar-refractivity contribution in [1.82, 2.24) is 14.9 Å². The maximum absolute atomic E-state index is 14.1. The van der Waals surface area contributed by atoms with Crippen LogP contribution in [-0.4, -0.2) is 47.5 Å². The summed E-state index contributed by atoms with van der Waals surface area (Å²) >= 11 is 0. The van der Waals surface area contributed by atoms with Gasteiger partial charge >= 0.3 is 0 Å². The number of benzene rings is 1. The first-order valence-electron chi connectivity index (χ1n) is 8.70. The van der Waals surface area contributed by atoms with E-state index < -0.39 is 5.82 Å². The van der Waals surface area contributed by atoms with E-state index >= 15 is 0 Å². The molecule has 2 fully saturated rings. The highest BCUT2D eigenvalue weighted by molar-refractivity contribution is 5.74. The number of hydrogen-bond donors (Lipinski definition) is 0. The van der Waals surface area contributed by atoms with Gasteiger partial charge < -0.3 is 14.5 Å². The van der Waals surface area contributed by atoms with Gasteiger partial charge in [0.2, 0.25) is 5.91 Å². The van der Waals surface area contributed by atoms with Crippen molar-refractivity contribution in [3.8, 4) is 5.75 Å². The number of nitrogens with zero attached hydrogens (tertiary/aromatic N) is 4. The third-order valence-electron chi connectivity index (χ3n) is 5.47. The Labute approximate surface area is 151 Å². The lowest BCUT2D eigenvalue weighted by atomic mass is 9.89. The third-order valence-corrected chi connectivity index (χ3v) is 5.47. The molecular weight excluding hydrogens is 335 g/mol. The molecule has 1 aromatic heterocycles. The van der Waals surface area contributed by atoms with Crippen LogP contribution in [0.3, 0.4) is 0 Å². The average Bonchev–Trinajstić information content (AvgIpc) is 3.20. The molecule has 0 aliphatic carbocycles. The van der Waals surface area contributed by atoms with Gasteiger partial charge in [-0.1, -0.05) is 12.1 Å². The first kappa shape index (κ1) is 16.8. The van der Waals surface area contributed by atoms with Crippen molar-refractivity contribution in [2.45, 2.75) is 13.0 Å². The minimum atomic E-state index is -0.406. The lowest BCUT2D eigenvalue weighted by molar-refractivity contribution is -0.130. The van der Waals surface area contributed by atoms with Gasteiger partial charge in [-0.3, -0.25) is 4.79 Å². The van der Waals surface area contributed by atoms with Gasteiger partial charge in [-0.25, -0.2) is 14.4 Å². The third kappa shape index (κ3) is 2.77. The van der Waals surface area contributed by atoms with Gasteiger partial charge in [0.05, 0.1) is 19.3 Å². The largest absolute Gasteiger partial charge is 0.497 e. The number of ether oxygens (including phenoxy) is 1. The van der Waals surface area contributed by atoms with E-state index in [1.54, 1.807) is 14.0 Å². The fraction of sp³-hybridized carbons (Fsp3) is 0.421. The van der Waals surface area contributed by atoms with Gasteiger partial charge in [0.15, 0.2) is 11.6 Å². The Morgan fingerprint density at radius 3 is 2.65 bits per heavy atom. The van der Waals surface area contributed by atoms with Crippen LogP contribution in [-0.2, 0) is 4.79 Å². The number of rotatable bonds is 3. The summed E-state index contributed by atoms with van der Waals surface area (Å²) < 4.78 is 19.3. The molecule has 0 bridgehead atoms. The molecule has 4 rings (SSSR count). The van der Waals surface area contributed by atoms with E-state index in [2.05, 4.69) is 9.97 Å². The molecular formula is C19H21FN4O2. The highest BCUT2D eigenvalue weighted by Gasteiger charge is 2.49. The number of amides is 1. The van der Waals surface area contributed by atoms with Gasteiger partial charge in [0.25, 0.3) is 0 Å². The zero-order valence-electron chi connectivity index (χ0n) is 14.8. The Bertz CT molecular complexity index is 813. The van der Waals surface area contributed by atoms with Gasteiger partial charge in [-0.15, -0.1) is 0 Å². The Morgan fingerprint density at radius 1 is 1.23 bits per heavy atom. The molecule has 0 spiro atoms. The van der Waals surface area contributed by atoms with E-state index in [0.717, 1.165) is 11.3 Å². The Morgan fingerprint density at radius 2 is 2.00 bits per heavy atom. The number of fused-ring (bicyclic) bond motifs is 1. The predicted octanol–water partition coefficient (Wildman–Crippen LogP) is 2.28. The zero-order chi connectivity index (χ0) is 18.3. The molecule has 2 aliphatic rings. The molecule has 0 radical (unpaired) electrons. The van der Waals surface area contributed by atoms with E-state index in [4.69, 9.17) is 4.74 Å². The minimum absolute atomic E-state index is 0.0155. The van der Waals surface area contributed by atoms with Crippen molar-refractivity contribution >= 4 is 11.7 Å². The molecule has 2 aromatic rings. The van der Waals surface area contributed by atoms with Gasteiger partial charge in [-0.2, -0.15) is 0 Å². The molecule has 0 saturated carbocycles. The molecule has 1 aromatic carbocycles. The highest BCUT2D eigenvalue weighted by Crippen LogP contribution is 2.46. The first-order valence-corrected chi connectivity index (χ1v) is 8.70. The van der Waals surface area contributed by atoms with Crippen LogP contribution in [0.5, 0.6) is 5.75 Å². The van der Waals surface area contributed by atoms with Gasteiger partial charge in [0, 0.05) is 38.4 Å². The molecule has 7 heteroatoms. The first-order chi connectivity index (χ1) is 12.6. The lowest BCUT2D eigenvalue weighted by Crippen LogP contribution is -2.34. The minimum Gasteiger partial charge on any atom is -0.497 e. The summed E-state index contributed by atoms with van der Waals surface area (Å²) in [5.74, 6) is 1.32. The normalized spacial score (nSPS) is 24.7. The fourth-order valence-corrected chi connectivity index (χ4v) is 4.31. The lowest BCUT2D eigenvalue weighted by Gasteiger charge is -2.29. The Balaban J connectivity index is 1.63. The smallest absolute Gasteiger partial charge is 0.219 e. The number of carbonyl (C=O) groups is 1. The predicted molar refractivity (Wildman–Crippen MR) is 94.3 cm³/mol. The second kappa shape index (κ2) is 6.55. The van der Waals surface area contributed by atoms with Gasteiger partial charge in [-0.05, 0) is 17.7 Å². The summed E-state index contributed by atoms with van der Waals surface area (Å²) in [6, 6.07) is 7.83. The van der Waals surface area contributed by atoms with Crippen molar-refractivity contribution in [1.29, 1.82) is 0 Å². The van der Waals surface area contributed by atoms with Crippen LogP contribution in [0.4, 0.5) is 10.2 Å². The summed E-state index contributed by atoms with van der Waals surface area (Å²) in [7, 11) is 1.63. The van der Waals surface area contributed by atoms with Crippen LogP contribution in [0.1, 0.15) is 18.5 Å². The SMILES string of the molecule is COc1ccc([C@H]2[C@@H]3CN(c4ncncc4F)C[C@@H]3CN2C(C)=O)cc1. The van der Waals surface area contributed by atoms with Crippen LogP contribution in [0.25, 0.3) is 0 Å². The molecule has 3 atom stereocenters. The van der Waals surface area contributed by atoms with Crippen molar-refractivity contribution in [2.24, 2.45) is 11.8 Å². The molecule has 136 valence electrons. The van der Waals surface area contributed by atoms with Gasteiger partial charge in [0.1, 0.15) is 12.1 Å². The van der Waals surface area contributed by atoms with E-state index in [1.165, 1.54) is 12.5 Å². The maximum atomic E-state index is 14.1. The molecule has 26 heavy (non-hydrogen) atoms. The summed E-state index contributed by atoms with van der Waals surface area (Å²) in [5.41, 5.74) is 1.08. The van der Waals surface area contributed by atoms with Crippen molar-refractivity contribution in [2.75, 3.05) is 31.6 Å². The highest BCUT2D eigenvalue weighted by atomic mass is 19.1. The van der Waals surface area contributed by atoms with Crippen molar-refractivity contribution in [3.63, 3.8) is 0 Å². The molecule has 1 amide bonds. The number of carbonyl (C=O) groups excluding carboxylic acids is 1. The standard InChI is InChI=1S/C19H21FN4O2/c1-12(25)24-9-14-8-23(19-17(20)7-21-11-22-19)10-16(14)18(24)13-3-5-15(26-2)6-4-13/h3-7,11,14,16,18H,8-10H2,1-2H3/t14-,16-,18+/m1/s1. The Kier molecular flexibility index (Phi) is 4.22. The molecule has 2 saturated heterocycles. The number of halogens is 1.